The minimum absolute atomic E-state index is 0.251. The van der Waals surface area contributed by atoms with Gasteiger partial charge in [-0.2, -0.15) is 0 Å². The Balaban J connectivity index is 1.57. The lowest BCUT2D eigenvalue weighted by atomic mass is 10.0. The Morgan fingerprint density at radius 3 is 2.14 bits per heavy atom. The number of hydrogen-bond donors (Lipinski definition) is 0. The van der Waals surface area contributed by atoms with Crippen LogP contribution in [0.5, 0.6) is 0 Å². The summed E-state index contributed by atoms with van der Waals surface area (Å²) in [4.78, 5) is 0. The van der Waals surface area contributed by atoms with Gasteiger partial charge in [0.1, 0.15) is 5.82 Å². The number of aryl methyl sites for hydroxylation is 2. The van der Waals surface area contributed by atoms with Crippen LogP contribution in [0.1, 0.15) is 35.6 Å². The molecule has 4 aromatic rings. The predicted octanol–water partition coefficient (Wildman–Crippen LogP) is 7.31. The van der Waals surface area contributed by atoms with Crippen molar-refractivity contribution >= 4 is 10.8 Å². The fourth-order valence-corrected chi connectivity index (χ4v) is 3.55. The highest BCUT2D eigenvalue weighted by atomic mass is 19.1. The Morgan fingerprint density at radius 2 is 1.45 bits per heavy atom. The summed E-state index contributed by atoms with van der Waals surface area (Å²) >= 11 is 0. The summed E-state index contributed by atoms with van der Waals surface area (Å²) < 4.78 is 14.8. The maximum absolute atomic E-state index is 14.8. The van der Waals surface area contributed by atoms with Crippen LogP contribution in [0, 0.1) is 24.6 Å². The molecule has 0 amide bonds. The maximum Gasteiger partial charge on any atom is 0.146 e. The zero-order chi connectivity index (χ0) is 20.2. The molecular formula is C28H23F. The smallest absolute Gasteiger partial charge is 0.146 e. The largest absolute Gasteiger partial charge is 0.205 e. The van der Waals surface area contributed by atoms with Crippen LogP contribution in [0.3, 0.4) is 0 Å². The molecule has 4 aromatic carbocycles. The molecule has 0 nitrogen and oxygen atoms in total. The summed E-state index contributed by atoms with van der Waals surface area (Å²) in [6, 6.07) is 26.3. The van der Waals surface area contributed by atoms with Crippen molar-refractivity contribution in [2.45, 2.75) is 26.7 Å². The zero-order valence-electron chi connectivity index (χ0n) is 16.8. The summed E-state index contributed by atoms with van der Waals surface area (Å²) in [5, 5.41) is 1.52. The van der Waals surface area contributed by atoms with E-state index in [1.807, 2.05) is 43.3 Å². The SMILES string of the molecule is CCCc1ccc(-c2ccc(C#Cc3ccc4cc(C)ccc4c3F)cc2)cc1. The molecule has 0 aromatic heterocycles. The zero-order valence-corrected chi connectivity index (χ0v) is 16.8. The van der Waals surface area contributed by atoms with Gasteiger partial charge in [-0.25, -0.2) is 4.39 Å². The van der Waals surface area contributed by atoms with Crippen molar-refractivity contribution in [2.75, 3.05) is 0 Å². The lowest BCUT2D eigenvalue weighted by Crippen LogP contribution is -1.87. The second-order valence-electron chi connectivity index (χ2n) is 7.43. The second-order valence-corrected chi connectivity index (χ2v) is 7.43. The molecule has 0 N–H and O–H groups in total. The molecule has 0 aliphatic heterocycles. The predicted molar refractivity (Wildman–Crippen MR) is 120 cm³/mol. The highest BCUT2D eigenvalue weighted by Gasteiger charge is 2.05. The molecule has 0 aliphatic carbocycles. The first-order valence-electron chi connectivity index (χ1n) is 10.0. The van der Waals surface area contributed by atoms with E-state index >= 15 is 0 Å². The van der Waals surface area contributed by atoms with Crippen LogP contribution < -0.4 is 0 Å². The van der Waals surface area contributed by atoms with Crippen molar-refractivity contribution in [3.05, 3.63) is 107 Å². The van der Waals surface area contributed by atoms with Gasteiger partial charge in [0, 0.05) is 10.9 Å². The maximum atomic E-state index is 14.8. The Labute approximate surface area is 172 Å². The van der Waals surface area contributed by atoms with E-state index < -0.39 is 0 Å². The van der Waals surface area contributed by atoms with E-state index in [2.05, 4.69) is 55.2 Å². The molecule has 0 aliphatic rings. The molecule has 0 heterocycles. The molecule has 0 unspecified atom stereocenters. The first-order chi connectivity index (χ1) is 14.1. The van der Waals surface area contributed by atoms with Gasteiger partial charge in [-0.1, -0.05) is 91.4 Å². The standard InChI is InChI=1S/C28H23F/c1-3-4-21-6-11-23(12-7-21)24-13-8-22(9-14-24)10-15-25-16-17-26-19-20(2)5-18-27(26)28(25)29/h5-9,11-14,16-19H,3-4H2,1-2H3. The lowest BCUT2D eigenvalue weighted by Gasteiger charge is -2.04. The van der Waals surface area contributed by atoms with Crippen molar-refractivity contribution in [1.82, 2.24) is 0 Å². The quantitative estimate of drug-likeness (QED) is 0.328. The average molecular weight is 378 g/mol. The summed E-state index contributed by atoms with van der Waals surface area (Å²) in [7, 11) is 0. The average Bonchev–Trinajstić information content (AvgIpc) is 2.74. The molecule has 0 saturated carbocycles. The number of benzene rings is 4. The van der Waals surface area contributed by atoms with Gasteiger partial charge in [0.25, 0.3) is 0 Å². The number of rotatable bonds is 3. The second kappa shape index (κ2) is 8.33. The molecule has 0 fully saturated rings. The highest BCUT2D eigenvalue weighted by Crippen LogP contribution is 2.23. The molecule has 0 spiro atoms. The topological polar surface area (TPSA) is 0 Å². The van der Waals surface area contributed by atoms with Gasteiger partial charge in [-0.3, -0.25) is 0 Å². The van der Waals surface area contributed by atoms with Gasteiger partial charge < -0.3 is 0 Å². The fraction of sp³-hybridized carbons (Fsp3) is 0.143. The molecule has 4 rings (SSSR count). The van der Waals surface area contributed by atoms with Gasteiger partial charge in [-0.05, 0) is 53.6 Å². The van der Waals surface area contributed by atoms with E-state index in [0.29, 0.717) is 10.9 Å². The molecule has 142 valence electrons. The lowest BCUT2D eigenvalue weighted by molar-refractivity contribution is 0.636. The molecule has 29 heavy (non-hydrogen) atoms. The first-order valence-corrected chi connectivity index (χ1v) is 10.0. The van der Waals surface area contributed by atoms with Crippen LogP contribution in [-0.4, -0.2) is 0 Å². The van der Waals surface area contributed by atoms with Crippen LogP contribution in [0.4, 0.5) is 4.39 Å². The van der Waals surface area contributed by atoms with Crippen LogP contribution in [0.2, 0.25) is 0 Å². The van der Waals surface area contributed by atoms with Crippen LogP contribution in [0.15, 0.2) is 78.9 Å². The third kappa shape index (κ3) is 4.23. The molecule has 1 heteroatoms. The Bertz CT molecular complexity index is 1200. The fourth-order valence-electron chi connectivity index (χ4n) is 3.55. The van der Waals surface area contributed by atoms with Crippen LogP contribution in [-0.2, 0) is 6.42 Å². The minimum Gasteiger partial charge on any atom is -0.205 e. The summed E-state index contributed by atoms with van der Waals surface area (Å²) in [5.74, 6) is 5.83. The van der Waals surface area contributed by atoms with Gasteiger partial charge in [0.05, 0.1) is 5.56 Å². The minimum atomic E-state index is -0.251. The van der Waals surface area contributed by atoms with Gasteiger partial charge in [0.15, 0.2) is 0 Å². The van der Waals surface area contributed by atoms with Gasteiger partial charge in [0.2, 0.25) is 0 Å². The molecule has 0 saturated heterocycles. The van der Waals surface area contributed by atoms with Gasteiger partial charge in [-0.15, -0.1) is 0 Å². The molecule has 0 bridgehead atoms. The van der Waals surface area contributed by atoms with Crippen LogP contribution in [0.25, 0.3) is 21.9 Å². The first kappa shape index (κ1) is 19.0. The summed E-state index contributed by atoms with van der Waals surface area (Å²) in [6.07, 6.45) is 2.27. The highest BCUT2D eigenvalue weighted by molar-refractivity contribution is 5.85. The third-order valence-electron chi connectivity index (χ3n) is 5.16. The van der Waals surface area contributed by atoms with Crippen molar-refractivity contribution in [2.24, 2.45) is 0 Å². The van der Waals surface area contributed by atoms with E-state index in [-0.39, 0.29) is 5.82 Å². The van der Waals surface area contributed by atoms with E-state index in [9.17, 15) is 4.39 Å². The number of fused-ring (bicyclic) bond motifs is 1. The number of hydrogen-bond acceptors (Lipinski definition) is 0. The monoisotopic (exact) mass is 378 g/mol. The molecule has 0 atom stereocenters. The van der Waals surface area contributed by atoms with E-state index in [1.54, 1.807) is 6.07 Å². The summed E-state index contributed by atoms with van der Waals surface area (Å²) in [6.45, 7) is 4.20. The van der Waals surface area contributed by atoms with Crippen molar-refractivity contribution in [1.29, 1.82) is 0 Å². The van der Waals surface area contributed by atoms with E-state index in [1.165, 1.54) is 11.1 Å². The number of halogens is 1. The van der Waals surface area contributed by atoms with Crippen molar-refractivity contribution < 1.29 is 4.39 Å². The Hall–Kier alpha value is -3.37. The van der Waals surface area contributed by atoms with Gasteiger partial charge >= 0.3 is 0 Å². The molecule has 0 radical (unpaired) electrons. The van der Waals surface area contributed by atoms with Crippen molar-refractivity contribution in [3.63, 3.8) is 0 Å². The normalized spacial score (nSPS) is 10.6. The van der Waals surface area contributed by atoms with E-state index in [0.717, 1.165) is 34.9 Å². The molecular weight excluding hydrogens is 355 g/mol. The third-order valence-corrected chi connectivity index (χ3v) is 5.16. The van der Waals surface area contributed by atoms with Crippen molar-refractivity contribution in [3.8, 4) is 23.0 Å². The summed E-state index contributed by atoms with van der Waals surface area (Å²) in [5.41, 5.74) is 6.14. The van der Waals surface area contributed by atoms with E-state index in [4.69, 9.17) is 0 Å². The Morgan fingerprint density at radius 1 is 0.759 bits per heavy atom. The van der Waals surface area contributed by atoms with Crippen LogP contribution >= 0.6 is 0 Å². The Kier molecular flexibility index (Phi) is 5.45.